The van der Waals surface area contributed by atoms with Crippen molar-refractivity contribution in [3.63, 3.8) is 0 Å². The van der Waals surface area contributed by atoms with Crippen LogP contribution in [0.1, 0.15) is 15.9 Å². The van der Waals surface area contributed by atoms with Crippen LogP contribution in [0.25, 0.3) is 0 Å². The first-order chi connectivity index (χ1) is 10.1. The van der Waals surface area contributed by atoms with Crippen LogP contribution in [0.3, 0.4) is 0 Å². The molecule has 0 fully saturated rings. The number of carbonyl (C=O) groups is 2. The second-order valence-corrected chi connectivity index (χ2v) is 5.23. The Balaban J connectivity index is 2.10. The zero-order valence-corrected chi connectivity index (χ0v) is 12.6. The fraction of sp³-hybridized carbons (Fsp3) is 0.133. The van der Waals surface area contributed by atoms with Crippen LogP contribution in [0.15, 0.2) is 53.3 Å². The third-order valence-corrected chi connectivity index (χ3v) is 3.31. The van der Waals surface area contributed by atoms with E-state index in [1.54, 1.807) is 0 Å². The number of carboxylic acid groups (broad SMARTS) is 1. The molecule has 1 atom stereocenters. The molecule has 108 valence electrons. The highest BCUT2D eigenvalue weighted by molar-refractivity contribution is 9.10. The average molecular weight is 349 g/mol. The number of rotatable bonds is 5. The maximum absolute atomic E-state index is 12.1. The van der Waals surface area contributed by atoms with E-state index in [1.165, 1.54) is 18.3 Å². The van der Waals surface area contributed by atoms with Crippen molar-refractivity contribution >= 4 is 27.8 Å². The lowest BCUT2D eigenvalue weighted by Crippen LogP contribution is -2.42. The lowest BCUT2D eigenvalue weighted by Gasteiger charge is -2.14. The third-order valence-electron chi connectivity index (χ3n) is 2.87. The molecule has 2 aromatic rings. The number of carboxylic acids is 1. The molecular formula is C15H13BrN2O3. The lowest BCUT2D eigenvalue weighted by atomic mass is 10.1. The first-order valence-electron chi connectivity index (χ1n) is 6.25. The van der Waals surface area contributed by atoms with Gasteiger partial charge in [0.2, 0.25) is 0 Å². The molecule has 0 bridgehead atoms. The quantitative estimate of drug-likeness (QED) is 0.812. The van der Waals surface area contributed by atoms with Gasteiger partial charge in [-0.2, -0.15) is 0 Å². The SMILES string of the molecule is O=C(N[C@@H](Cc1ccccc1)C(=O)O)c1ccnc(Br)c1. The van der Waals surface area contributed by atoms with Crippen molar-refractivity contribution in [3.8, 4) is 0 Å². The van der Waals surface area contributed by atoms with Gasteiger partial charge in [-0.25, -0.2) is 9.78 Å². The van der Waals surface area contributed by atoms with Gasteiger partial charge in [0.15, 0.2) is 0 Å². The molecule has 1 aromatic carbocycles. The number of hydrogen-bond acceptors (Lipinski definition) is 3. The smallest absolute Gasteiger partial charge is 0.326 e. The van der Waals surface area contributed by atoms with Gasteiger partial charge >= 0.3 is 5.97 Å². The molecule has 1 heterocycles. The molecule has 0 aliphatic rings. The number of nitrogens with zero attached hydrogens (tertiary/aromatic N) is 1. The van der Waals surface area contributed by atoms with E-state index in [1.807, 2.05) is 30.3 Å². The predicted octanol–water partition coefficient (Wildman–Crippen LogP) is 2.27. The summed E-state index contributed by atoms with van der Waals surface area (Å²) in [5.74, 6) is -1.51. The van der Waals surface area contributed by atoms with Crippen LogP contribution in [0.5, 0.6) is 0 Å². The van der Waals surface area contributed by atoms with E-state index in [9.17, 15) is 14.7 Å². The number of benzene rings is 1. The highest BCUT2D eigenvalue weighted by Crippen LogP contribution is 2.09. The minimum absolute atomic E-state index is 0.230. The molecule has 0 aliphatic carbocycles. The van der Waals surface area contributed by atoms with E-state index in [4.69, 9.17) is 0 Å². The number of pyridine rings is 1. The van der Waals surface area contributed by atoms with Crippen molar-refractivity contribution in [2.75, 3.05) is 0 Å². The molecule has 6 heteroatoms. The van der Waals surface area contributed by atoms with Crippen molar-refractivity contribution in [2.45, 2.75) is 12.5 Å². The molecule has 0 saturated carbocycles. The number of halogens is 1. The molecule has 0 radical (unpaired) electrons. The molecule has 2 rings (SSSR count). The van der Waals surface area contributed by atoms with E-state index >= 15 is 0 Å². The fourth-order valence-corrected chi connectivity index (χ4v) is 2.20. The van der Waals surface area contributed by atoms with Crippen molar-refractivity contribution in [1.82, 2.24) is 10.3 Å². The summed E-state index contributed by atoms with van der Waals surface area (Å²) in [6.45, 7) is 0. The number of hydrogen-bond donors (Lipinski definition) is 2. The summed E-state index contributed by atoms with van der Waals surface area (Å²) in [6, 6.07) is 11.2. The second kappa shape index (κ2) is 6.99. The summed E-state index contributed by atoms with van der Waals surface area (Å²) in [4.78, 5) is 27.3. The Bertz CT molecular complexity index is 646. The highest BCUT2D eigenvalue weighted by atomic mass is 79.9. The Morgan fingerprint density at radius 3 is 2.57 bits per heavy atom. The van der Waals surface area contributed by atoms with E-state index in [-0.39, 0.29) is 6.42 Å². The zero-order chi connectivity index (χ0) is 15.2. The average Bonchev–Trinajstić information content (AvgIpc) is 2.47. The van der Waals surface area contributed by atoms with Crippen LogP contribution in [0.2, 0.25) is 0 Å². The molecule has 0 unspecified atom stereocenters. The van der Waals surface area contributed by atoms with E-state index < -0.39 is 17.9 Å². The first kappa shape index (κ1) is 15.2. The summed E-state index contributed by atoms with van der Waals surface area (Å²) in [7, 11) is 0. The summed E-state index contributed by atoms with van der Waals surface area (Å²) in [5, 5.41) is 11.8. The largest absolute Gasteiger partial charge is 0.480 e. The molecule has 21 heavy (non-hydrogen) atoms. The van der Waals surface area contributed by atoms with Crippen LogP contribution < -0.4 is 5.32 Å². The maximum Gasteiger partial charge on any atom is 0.326 e. The maximum atomic E-state index is 12.1. The van der Waals surface area contributed by atoms with Gasteiger partial charge in [0.25, 0.3) is 5.91 Å². The summed E-state index contributed by atoms with van der Waals surface area (Å²) < 4.78 is 0.519. The van der Waals surface area contributed by atoms with Crippen LogP contribution in [0, 0.1) is 0 Å². The van der Waals surface area contributed by atoms with Crippen LogP contribution in [0.4, 0.5) is 0 Å². The molecule has 5 nitrogen and oxygen atoms in total. The van der Waals surface area contributed by atoms with Gasteiger partial charge in [-0.1, -0.05) is 30.3 Å². The van der Waals surface area contributed by atoms with Gasteiger partial charge in [0, 0.05) is 18.2 Å². The van der Waals surface area contributed by atoms with E-state index in [0.717, 1.165) is 5.56 Å². The van der Waals surface area contributed by atoms with Crippen molar-refractivity contribution in [3.05, 3.63) is 64.4 Å². The molecule has 2 N–H and O–H groups in total. The molecule has 1 amide bonds. The third kappa shape index (κ3) is 4.39. The Morgan fingerprint density at radius 1 is 1.24 bits per heavy atom. The number of amides is 1. The van der Waals surface area contributed by atoms with Gasteiger partial charge in [0.05, 0.1) is 0 Å². The van der Waals surface area contributed by atoms with Crippen LogP contribution in [-0.2, 0) is 11.2 Å². The number of carbonyl (C=O) groups excluding carboxylic acids is 1. The lowest BCUT2D eigenvalue weighted by molar-refractivity contribution is -0.139. The van der Waals surface area contributed by atoms with E-state index in [0.29, 0.717) is 10.2 Å². The Kier molecular flexibility index (Phi) is 5.05. The van der Waals surface area contributed by atoms with Gasteiger partial charge in [-0.05, 0) is 33.6 Å². The molecular weight excluding hydrogens is 336 g/mol. The van der Waals surface area contributed by atoms with Crippen LogP contribution >= 0.6 is 15.9 Å². The summed E-state index contributed by atoms with van der Waals surface area (Å²) in [5.41, 5.74) is 1.21. The molecule has 1 aromatic heterocycles. The molecule has 0 aliphatic heterocycles. The predicted molar refractivity (Wildman–Crippen MR) is 81.0 cm³/mol. The second-order valence-electron chi connectivity index (χ2n) is 4.42. The minimum atomic E-state index is -1.07. The molecule has 0 spiro atoms. The topological polar surface area (TPSA) is 79.3 Å². The van der Waals surface area contributed by atoms with Crippen molar-refractivity contribution in [2.24, 2.45) is 0 Å². The Hall–Kier alpha value is -2.21. The standard InChI is InChI=1S/C15H13BrN2O3/c16-13-9-11(6-7-17-13)14(19)18-12(15(20)21)8-10-4-2-1-3-5-10/h1-7,9,12H,8H2,(H,18,19)(H,20,21)/t12-/m0/s1. The fourth-order valence-electron chi connectivity index (χ4n) is 1.84. The highest BCUT2D eigenvalue weighted by Gasteiger charge is 2.21. The zero-order valence-electron chi connectivity index (χ0n) is 11.0. The number of nitrogens with one attached hydrogen (secondary N) is 1. The van der Waals surface area contributed by atoms with Gasteiger partial charge in [-0.15, -0.1) is 0 Å². The van der Waals surface area contributed by atoms with Crippen molar-refractivity contribution in [1.29, 1.82) is 0 Å². The van der Waals surface area contributed by atoms with Crippen molar-refractivity contribution < 1.29 is 14.7 Å². The van der Waals surface area contributed by atoms with Crippen LogP contribution in [-0.4, -0.2) is 28.0 Å². The summed E-state index contributed by atoms with van der Waals surface area (Å²) in [6.07, 6.45) is 1.71. The number of aliphatic carboxylic acids is 1. The minimum Gasteiger partial charge on any atom is -0.480 e. The Labute approximate surface area is 130 Å². The van der Waals surface area contributed by atoms with E-state index in [2.05, 4.69) is 26.2 Å². The summed E-state index contributed by atoms with van der Waals surface area (Å²) >= 11 is 3.17. The first-order valence-corrected chi connectivity index (χ1v) is 7.04. The van der Waals surface area contributed by atoms with Gasteiger partial charge in [0.1, 0.15) is 10.6 Å². The number of aromatic nitrogens is 1. The van der Waals surface area contributed by atoms with Gasteiger partial charge in [-0.3, -0.25) is 4.79 Å². The molecule has 0 saturated heterocycles. The van der Waals surface area contributed by atoms with Gasteiger partial charge < -0.3 is 10.4 Å². The monoisotopic (exact) mass is 348 g/mol. The normalized spacial score (nSPS) is 11.7. The Morgan fingerprint density at radius 2 is 1.95 bits per heavy atom.